The Bertz CT molecular complexity index is 1060. The molecule has 0 amide bonds. The van der Waals surface area contributed by atoms with E-state index < -0.39 is 4.92 Å². The number of allylic oxidation sites excluding steroid dienone is 1. The molecule has 0 spiro atoms. The predicted molar refractivity (Wildman–Crippen MR) is 117 cm³/mol. The van der Waals surface area contributed by atoms with E-state index in [-0.39, 0.29) is 11.5 Å². The number of anilines is 1. The van der Waals surface area contributed by atoms with Gasteiger partial charge in [-0.15, -0.1) is 0 Å². The zero-order valence-corrected chi connectivity index (χ0v) is 16.5. The van der Waals surface area contributed by atoms with Gasteiger partial charge in [0.15, 0.2) is 5.78 Å². The fourth-order valence-corrected chi connectivity index (χ4v) is 3.59. The van der Waals surface area contributed by atoms with Crippen LogP contribution in [0.15, 0.2) is 71.2 Å². The third-order valence-electron chi connectivity index (χ3n) is 5.26. The van der Waals surface area contributed by atoms with Crippen LogP contribution in [0.1, 0.15) is 35.4 Å². The number of rotatable bonds is 6. The summed E-state index contributed by atoms with van der Waals surface area (Å²) < 4.78 is 5.74. The number of carbonyl (C=O) groups is 1. The molecule has 1 aromatic heterocycles. The second kappa shape index (κ2) is 8.78. The molecule has 3 aromatic rings. The Hall–Kier alpha value is -3.67. The maximum atomic E-state index is 12.5. The molecule has 0 unspecified atom stereocenters. The minimum atomic E-state index is -0.440. The Balaban J connectivity index is 1.41. The van der Waals surface area contributed by atoms with Crippen molar-refractivity contribution in [3.8, 4) is 11.3 Å². The number of nitro groups is 1. The minimum Gasteiger partial charge on any atom is -0.457 e. The first-order valence-corrected chi connectivity index (χ1v) is 10.0. The maximum absolute atomic E-state index is 12.5. The van der Waals surface area contributed by atoms with Gasteiger partial charge in [0.25, 0.3) is 5.69 Å². The van der Waals surface area contributed by atoms with Crippen LogP contribution >= 0.6 is 0 Å². The van der Waals surface area contributed by atoms with Gasteiger partial charge in [-0.25, -0.2) is 0 Å². The fraction of sp³-hybridized carbons (Fsp3) is 0.208. The van der Waals surface area contributed by atoms with Gasteiger partial charge in [0.05, 0.1) is 4.92 Å². The monoisotopic (exact) mass is 402 g/mol. The van der Waals surface area contributed by atoms with Crippen molar-refractivity contribution in [1.29, 1.82) is 0 Å². The van der Waals surface area contributed by atoms with Crippen molar-refractivity contribution in [3.63, 3.8) is 0 Å². The fourth-order valence-electron chi connectivity index (χ4n) is 3.59. The number of ketones is 1. The summed E-state index contributed by atoms with van der Waals surface area (Å²) in [5, 5.41) is 10.8. The average Bonchev–Trinajstić information content (AvgIpc) is 3.27. The normalized spacial score (nSPS) is 14.2. The molecule has 0 radical (unpaired) electrons. The molecule has 0 saturated carbocycles. The molecule has 0 N–H and O–H groups in total. The van der Waals surface area contributed by atoms with Crippen LogP contribution in [0.4, 0.5) is 11.4 Å². The molecule has 152 valence electrons. The Morgan fingerprint density at radius 1 is 0.933 bits per heavy atom. The van der Waals surface area contributed by atoms with Crippen LogP contribution in [0, 0.1) is 10.1 Å². The highest BCUT2D eigenvalue weighted by Gasteiger charge is 2.12. The summed E-state index contributed by atoms with van der Waals surface area (Å²) >= 11 is 0. The van der Waals surface area contributed by atoms with Crippen LogP contribution in [-0.4, -0.2) is 23.8 Å². The predicted octanol–water partition coefficient (Wildman–Crippen LogP) is 5.74. The van der Waals surface area contributed by atoms with E-state index in [9.17, 15) is 14.9 Å². The van der Waals surface area contributed by atoms with E-state index in [4.69, 9.17) is 4.42 Å². The Kier molecular flexibility index (Phi) is 5.75. The number of carbonyl (C=O) groups excluding carboxylic acids is 1. The quantitative estimate of drug-likeness (QED) is 0.227. The van der Waals surface area contributed by atoms with Crippen molar-refractivity contribution in [2.75, 3.05) is 18.0 Å². The maximum Gasteiger partial charge on any atom is 0.269 e. The summed E-state index contributed by atoms with van der Waals surface area (Å²) in [6.07, 6.45) is 6.85. The summed E-state index contributed by atoms with van der Waals surface area (Å²) in [5.41, 5.74) is 2.56. The Morgan fingerprint density at radius 3 is 2.30 bits per heavy atom. The second-order valence-electron chi connectivity index (χ2n) is 7.30. The summed E-state index contributed by atoms with van der Waals surface area (Å²) in [4.78, 5) is 25.2. The lowest BCUT2D eigenvalue weighted by molar-refractivity contribution is -0.384. The van der Waals surface area contributed by atoms with Crippen LogP contribution in [0.2, 0.25) is 0 Å². The summed E-state index contributed by atoms with van der Waals surface area (Å²) in [5.74, 6) is 1.04. The van der Waals surface area contributed by atoms with Crippen LogP contribution in [0.3, 0.4) is 0 Å². The zero-order chi connectivity index (χ0) is 20.9. The van der Waals surface area contributed by atoms with Crippen molar-refractivity contribution in [2.45, 2.75) is 19.3 Å². The van der Waals surface area contributed by atoms with E-state index in [1.807, 2.05) is 24.3 Å². The summed E-state index contributed by atoms with van der Waals surface area (Å²) in [6, 6.07) is 17.4. The lowest BCUT2D eigenvalue weighted by atomic mass is 10.1. The van der Waals surface area contributed by atoms with E-state index >= 15 is 0 Å². The number of nitro benzene ring substituents is 1. The standard InChI is InChI=1S/C24H22N2O4/c27-23(18-4-8-20(9-5-18)25-16-2-1-3-17-25)14-12-22-13-15-24(30-22)19-6-10-21(11-7-19)26(28)29/h4-15H,1-3,16-17H2/b14-12+. The smallest absolute Gasteiger partial charge is 0.269 e. The van der Waals surface area contributed by atoms with E-state index in [0.717, 1.165) is 24.3 Å². The minimum absolute atomic E-state index is 0.0299. The lowest BCUT2D eigenvalue weighted by Gasteiger charge is -2.28. The SMILES string of the molecule is O=C(/C=C/c1ccc(-c2ccc([N+](=O)[O-])cc2)o1)c1ccc(N2CCCCC2)cc1. The molecule has 1 fully saturated rings. The van der Waals surface area contributed by atoms with Gasteiger partial charge in [-0.1, -0.05) is 0 Å². The highest BCUT2D eigenvalue weighted by atomic mass is 16.6. The molecule has 2 heterocycles. The molecular formula is C24H22N2O4. The molecule has 4 rings (SSSR count). The topological polar surface area (TPSA) is 76.6 Å². The lowest BCUT2D eigenvalue weighted by Crippen LogP contribution is -2.29. The first-order valence-electron chi connectivity index (χ1n) is 10.0. The van der Waals surface area contributed by atoms with Crippen molar-refractivity contribution < 1.29 is 14.1 Å². The molecule has 0 atom stereocenters. The van der Waals surface area contributed by atoms with Crippen molar-refractivity contribution >= 4 is 23.2 Å². The van der Waals surface area contributed by atoms with E-state index in [0.29, 0.717) is 17.1 Å². The van der Waals surface area contributed by atoms with Gasteiger partial charge in [-0.2, -0.15) is 0 Å². The van der Waals surface area contributed by atoms with Gasteiger partial charge in [0.2, 0.25) is 0 Å². The van der Waals surface area contributed by atoms with Crippen LogP contribution in [-0.2, 0) is 0 Å². The summed E-state index contributed by atoms with van der Waals surface area (Å²) in [6.45, 7) is 2.14. The van der Waals surface area contributed by atoms with E-state index in [1.165, 1.54) is 37.5 Å². The second-order valence-corrected chi connectivity index (χ2v) is 7.30. The molecular weight excluding hydrogens is 380 g/mol. The van der Waals surface area contributed by atoms with Crippen molar-refractivity contribution in [2.24, 2.45) is 0 Å². The van der Waals surface area contributed by atoms with E-state index in [2.05, 4.69) is 4.90 Å². The molecule has 6 nitrogen and oxygen atoms in total. The first-order chi connectivity index (χ1) is 14.6. The third kappa shape index (κ3) is 4.49. The van der Waals surface area contributed by atoms with Gasteiger partial charge in [-0.05, 0) is 79.9 Å². The number of hydrogen-bond acceptors (Lipinski definition) is 5. The number of non-ortho nitro benzene ring substituents is 1. The van der Waals surface area contributed by atoms with Gasteiger partial charge >= 0.3 is 0 Å². The number of piperidine rings is 1. The molecule has 1 aliphatic rings. The molecule has 2 aromatic carbocycles. The van der Waals surface area contributed by atoms with Gasteiger partial charge in [0.1, 0.15) is 11.5 Å². The first kappa shape index (κ1) is 19.6. The molecule has 1 aliphatic heterocycles. The van der Waals surface area contributed by atoms with Crippen LogP contribution < -0.4 is 4.90 Å². The summed E-state index contributed by atoms with van der Waals surface area (Å²) in [7, 11) is 0. The van der Waals surface area contributed by atoms with Crippen LogP contribution in [0.5, 0.6) is 0 Å². The molecule has 0 bridgehead atoms. The Labute approximate surface area is 174 Å². The Morgan fingerprint density at radius 2 is 1.63 bits per heavy atom. The highest BCUT2D eigenvalue weighted by molar-refractivity contribution is 6.06. The number of hydrogen-bond donors (Lipinski definition) is 0. The molecule has 30 heavy (non-hydrogen) atoms. The number of furan rings is 1. The number of benzene rings is 2. The zero-order valence-electron chi connectivity index (χ0n) is 16.5. The van der Waals surface area contributed by atoms with Gasteiger partial charge in [-0.3, -0.25) is 14.9 Å². The number of nitrogens with zero attached hydrogens (tertiary/aromatic N) is 2. The molecule has 0 aliphatic carbocycles. The van der Waals surface area contributed by atoms with Crippen LogP contribution in [0.25, 0.3) is 17.4 Å². The largest absolute Gasteiger partial charge is 0.457 e. The van der Waals surface area contributed by atoms with Crippen molar-refractivity contribution in [3.05, 3.63) is 88.2 Å². The molecule has 1 saturated heterocycles. The van der Waals surface area contributed by atoms with E-state index in [1.54, 1.807) is 30.3 Å². The molecule has 6 heteroatoms. The highest BCUT2D eigenvalue weighted by Crippen LogP contribution is 2.25. The third-order valence-corrected chi connectivity index (χ3v) is 5.26. The van der Waals surface area contributed by atoms with Crippen molar-refractivity contribution in [1.82, 2.24) is 0 Å². The average molecular weight is 402 g/mol. The van der Waals surface area contributed by atoms with Gasteiger partial charge < -0.3 is 9.32 Å². The van der Waals surface area contributed by atoms with Gasteiger partial charge in [0, 0.05) is 42.0 Å².